The molecular weight excluding hydrogens is 252 g/mol. The Morgan fingerprint density at radius 3 is 2.61 bits per heavy atom. The molecule has 18 heavy (non-hydrogen) atoms. The zero-order chi connectivity index (χ0) is 13.7. The van der Waals surface area contributed by atoms with Gasteiger partial charge in [0.15, 0.2) is 0 Å². The van der Waals surface area contributed by atoms with Gasteiger partial charge in [0.2, 0.25) is 5.91 Å². The minimum Gasteiger partial charge on any atom is -0.351 e. The van der Waals surface area contributed by atoms with Gasteiger partial charge in [0.1, 0.15) is 0 Å². The van der Waals surface area contributed by atoms with Crippen molar-refractivity contribution >= 4 is 24.2 Å². The second-order valence-electron chi connectivity index (χ2n) is 4.29. The summed E-state index contributed by atoms with van der Waals surface area (Å²) in [6.07, 6.45) is 0. The van der Waals surface area contributed by atoms with E-state index < -0.39 is 10.2 Å². The SMILES string of the molecule is CC(C)C(S)C(=O)NCc1ccccc1[N+](=O)[O-]. The second kappa shape index (κ2) is 6.39. The molecule has 0 aliphatic rings. The van der Waals surface area contributed by atoms with Crippen molar-refractivity contribution in [2.75, 3.05) is 0 Å². The van der Waals surface area contributed by atoms with Crippen molar-refractivity contribution in [2.45, 2.75) is 25.6 Å². The van der Waals surface area contributed by atoms with Gasteiger partial charge in [0, 0.05) is 18.2 Å². The number of para-hydroxylation sites is 1. The Balaban J connectivity index is 2.70. The van der Waals surface area contributed by atoms with E-state index in [-0.39, 0.29) is 24.1 Å². The van der Waals surface area contributed by atoms with E-state index in [4.69, 9.17) is 0 Å². The molecule has 0 spiro atoms. The second-order valence-corrected chi connectivity index (χ2v) is 4.85. The summed E-state index contributed by atoms with van der Waals surface area (Å²) in [6.45, 7) is 3.92. The quantitative estimate of drug-likeness (QED) is 0.488. The van der Waals surface area contributed by atoms with Crippen molar-refractivity contribution in [3.8, 4) is 0 Å². The number of carbonyl (C=O) groups excluding carboxylic acids is 1. The highest BCUT2D eigenvalue weighted by molar-refractivity contribution is 7.81. The molecule has 0 saturated heterocycles. The highest BCUT2D eigenvalue weighted by Gasteiger charge is 2.19. The summed E-state index contributed by atoms with van der Waals surface area (Å²) in [6, 6.07) is 6.34. The summed E-state index contributed by atoms with van der Waals surface area (Å²) in [5, 5.41) is 13.0. The van der Waals surface area contributed by atoms with E-state index in [2.05, 4.69) is 17.9 Å². The van der Waals surface area contributed by atoms with Gasteiger partial charge in [-0.05, 0) is 5.92 Å². The lowest BCUT2D eigenvalue weighted by Gasteiger charge is -2.14. The zero-order valence-corrected chi connectivity index (χ0v) is 11.2. The third-order valence-corrected chi connectivity index (χ3v) is 3.37. The van der Waals surface area contributed by atoms with Crippen LogP contribution in [-0.2, 0) is 11.3 Å². The van der Waals surface area contributed by atoms with Crippen LogP contribution in [-0.4, -0.2) is 16.1 Å². The van der Waals surface area contributed by atoms with Gasteiger partial charge in [-0.15, -0.1) is 0 Å². The van der Waals surface area contributed by atoms with E-state index >= 15 is 0 Å². The Hall–Kier alpha value is -1.56. The van der Waals surface area contributed by atoms with Crippen molar-refractivity contribution in [1.82, 2.24) is 5.32 Å². The van der Waals surface area contributed by atoms with Crippen molar-refractivity contribution in [2.24, 2.45) is 5.92 Å². The van der Waals surface area contributed by atoms with Crippen LogP contribution in [0, 0.1) is 16.0 Å². The smallest absolute Gasteiger partial charge is 0.274 e. The van der Waals surface area contributed by atoms with E-state index in [9.17, 15) is 14.9 Å². The Morgan fingerprint density at radius 1 is 1.44 bits per heavy atom. The maximum Gasteiger partial charge on any atom is 0.274 e. The molecule has 1 aromatic rings. The number of benzene rings is 1. The topological polar surface area (TPSA) is 72.2 Å². The monoisotopic (exact) mass is 268 g/mol. The predicted octanol–water partition coefficient (Wildman–Crippen LogP) is 2.17. The molecule has 0 fully saturated rings. The summed E-state index contributed by atoms with van der Waals surface area (Å²) in [4.78, 5) is 22.0. The molecule has 98 valence electrons. The molecule has 0 aliphatic carbocycles. The average molecular weight is 268 g/mol. The van der Waals surface area contributed by atoms with Gasteiger partial charge in [0.05, 0.1) is 10.2 Å². The molecule has 5 nitrogen and oxygen atoms in total. The van der Waals surface area contributed by atoms with Crippen LogP contribution >= 0.6 is 12.6 Å². The normalized spacial score (nSPS) is 12.2. The Morgan fingerprint density at radius 2 is 2.06 bits per heavy atom. The van der Waals surface area contributed by atoms with Crippen LogP contribution in [0.5, 0.6) is 0 Å². The predicted molar refractivity (Wildman–Crippen MR) is 72.6 cm³/mol. The van der Waals surface area contributed by atoms with E-state index in [0.29, 0.717) is 5.56 Å². The first-order valence-electron chi connectivity index (χ1n) is 5.61. The molecule has 1 aromatic carbocycles. The van der Waals surface area contributed by atoms with Crippen molar-refractivity contribution in [3.05, 3.63) is 39.9 Å². The molecule has 1 rings (SSSR count). The van der Waals surface area contributed by atoms with Crippen molar-refractivity contribution < 1.29 is 9.72 Å². The molecule has 0 aromatic heterocycles. The van der Waals surface area contributed by atoms with Gasteiger partial charge in [-0.2, -0.15) is 12.6 Å². The lowest BCUT2D eigenvalue weighted by molar-refractivity contribution is -0.385. The third-order valence-electron chi connectivity index (χ3n) is 2.54. The van der Waals surface area contributed by atoms with Crippen LogP contribution < -0.4 is 5.32 Å². The Kier molecular flexibility index (Phi) is 5.15. The number of thiol groups is 1. The lowest BCUT2D eigenvalue weighted by Crippen LogP contribution is -2.34. The van der Waals surface area contributed by atoms with E-state index in [1.54, 1.807) is 18.2 Å². The van der Waals surface area contributed by atoms with Gasteiger partial charge < -0.3 is 5.32 Å². The first-order chi connectivity index (χ1) is 8.43. The molecule has 1 N–H and O–H groups in total. The number of carbonyl (C=O) groups is 1. The molecular formula is C12H16N2O3S. The summed E-state index contributed by atoms with van der Waals surface area (Å²) in [5.41, 5.74) is 0.498. The standard InChI is InChI=1S/C12H16N2O3S/c1-8(2)11(18)12(15)13-7-9-5-3-4-6-10(9)14(16)17/h3-6,8,11,18H,7H2,1-2H3,(H,13,15). The number of rotatable bonds is 5. The van der Waals surface area contributed by atoms with Crippen molar-refractivity contribution in [1.29, 1.82) is 0 Å². The zero-order valence-electron chi connectivity index (χ0n) is 10.3. The largest absolute Gasteiger partial charge is 0.351 e. The molecule has 0 aliphatic heterocycles. The molecule has 1 amide bonds. The van der Waals surface area contributed by atoms with Crippen LogP contribution in [0.25, 0.3) is 0 Å². The minimum absolute atomic E-state index is 0.0121. The Labute approximate surface area is 111 Å². The van der Waals surface area contributed by atoms with E-state index in [0.717, 1.165) is 0 Å². The van der Waals surface area contributed by atoms with Gasteiger partial charge in [0.25, 0.3) is 5.69 Å². The highest BCUT2D eigenvalue weighted by atomic mass is 32.1. The van der Waals surface area contributed by atoms with Crippen LogP contribution in [0.4, 0.5) is 5.69 Å². The van der Waals surface area contributed by atoms with Crippen LogP contribution in [0.2, 0.25) is 0 Å². The fourth-order valence-electron chi connectivity index (χ4n) is 1.43. The van der Waals surface area contributed by atoms with Gasteiger partial charge in [-0.3, -0.25) is 14.9 Å². The minimum atomic E-state index is -0.456. The lowest BCUT2D eigenvalue weighted by atomic mass is 10.1. The molecule has 0 bridgehead atoms. The number of hydrogen-bond donors (Lipinski definition) is 2. The number of nitrogens with one attached hydrogen (secondary N) is 1. The van der Waals surface area contributed by atoms with Crippen LogP contribution in [0.3, 0.4) is 0 Å². The number of nitro groups is 1. The number of amides is 1. The Bertz CT molecular complexity index is 449. The summed E-state index contributed by atoms with van der Waals surface area (Å²) in [5.74, 6) is -0.106. The van der Waals surface area contributed by atoms with Crippen LogP contribution in [0.1, 0.15) is 19.4 Å². The van der Waals surface area contributed by atoms with Crippen LogP contribution in [0.15, 0.2) is 24.3 Å². The molecule has 6 heteroatoms. The molecule has 0 heterocycles. The maximum absolute atomic E-state index is 11.7. The molecule has 0 saturated carbocycles. The molecule has 1 atom stereocenters. The molecule has 0 radical (unpaired) electrons. The first kappa shape index (κ1) is 14.5. The number of nitro benzene ring substituents is 1. The summed E-state index contributed by atoms with van der Waals surface area (Å²) in [7, 11) is 0. The summed E-state index contributed by atoms with van der Waals surface area (Å²) >= 11 is 4.19. The average Bonchev–Trinajstić information content (AvgIpc) is 2.35. The van der Waals surface area contributed by atoms with Crippen molar-refractivity contribution in [3.63, 3.8) is 0 Å². The number of nitrogens with zero attached hydrogens (tertiary/aromatic N) is 1. The van der Waals surface area contributed by atoms with Gasteiger partial charge in [-0.25, -0.2) is 0 Å². The van der Waals surface area contributed by atoms with E-state index in [1.807, 2.05) is 13.8 Å². The third kappa shape index (κ3) is 3.73. The fourth-order valence-corrected chi connectivity index (χ4v) is 1.52. The highest BCUT2D eigenvalue weighted by Crippen LogP contribution is 2.17. The maximum atomic E-state index is 11.7. The number of hydrogen-bond acceptors (Lipinski definition) is 4. The van der Waals surface area contributed by atoms with Gasteiger partial charge >= 0.3 is 0 Å². The first-order valence-corrected chi connectivity index (χ1v) is 6.13. The summed E-state index contributed by atoms with van der Waals surface area (Å²) < 4.78 is 0. The molecule has 1 unspecified atom stereocenters. The fraction of sp³-hybridized carbons (Fsp3) is 0.417. The van der Waals surface area contributed by atoms with E-state index in [1.165, 1.54) is 6.07 Å². The van der Waals surface area contributed by atoms with Gasteiger partial charge in [-0.1, -0.05) is 32.0 Å².